The topological polar surface area (TPSA) is 77.8 Å². The van der Waals surface area contributed by atoms with Crippen LogP contribution in [0.4, 0.5) is 11.4 Å². The second-order valence-corrected chi connectivity index (χ2v) is 5.96. The van der Waals surface area contributed by atoms with Crippen molar-refractivity contribution in [2.24, 2.45) is 0 Å². The minimum Gasteiger partial charge on any atom is -0.381 e. The summed E-state index contributed by atoms with van der Waals surface area (Å²) in [6, 6.07) is 18.2. The van der Waals surface area contributed by atoms with Crippen molar-refractivity contribution in [2.75, 3.05) is 10.6 Å². The van der Waals surface area contributed by atoms with Crippen molar-refractivity contribution in [2.45, 2.75) is 6.54 Å². The minimum absolute atomic E-state index is 0.198. The van der Waals surface area contributed by atoms with Crippen LogP contribution in [0.5, 0.6) is 0 Å². The second kappa shape index (κ2) is 8.15. The van der Waals surface area contributed by atoms with Gasteiger partial charge in [-0.3, -0.25) is 9.78 Å². The molecule has 3 aromatic rings. The number of nitriles is 1. The van der Waals surface area contributed by atoms with Gasteiger partial charge in [0.25, 0.3) is 5.91 Å². The van der Waals surface area contributed by atoms with E-state index < -0.39 is 0 Å². The summed E-state index contributed by atoms with van der Waals surface area (Å²) in [5, 5.41) is 15.4. The van der Waals surface area contributed by atoms with Gasteiger partial charge in [-0.1, -0.05) is 23.7 Å². The van der Waals surface area contributed by atoms with Crippen LogP contribution in [-0.2, 0) is 6.54 Å². The van der Waals surface area contributed by atoms with E-state index in [1.165, 1.54) is 6.20 Å². The Labute approximate surface area is 156 Å². The Morgan fingerprint density at radius 2 is 1.88 bits per heavy atom. The minimum atomic E-state index is -0.198. The van der Waals surface area contributed by atoms with E-state index in [1.54, 1.807) is 30.5 Å². The Bertz CT molecular complexity index is 950. The van der Waals surface area contributed by atoms with E-state index in [4.69, 9.17) is 16.9 Å². The summed E-state index contributed by atoms with van der Waals surface area (Å²) in [7, 11) is 0. The maximum Gasteiger partial charge on any atom is 0.257 e. The first-order chi connectivity index (χ1) is 12.7. The first-order valence-corrected chi connectivity index (χ1v) is 8.27. The molecule has 0 aliphatic heterocycles. The monoisotopic (exact) mass is 362 g/mol. The second-order valence-electron chi connectivity index (χ2n) is 5.55. The number of hydrogen-bond acceptors (Lipinski definition) is 4. The molecule has 0 unspecified atom stereocenters. The van der Waals surface area contributed by atoms with Gasteiger partial charge in [0, 0.05) is 30.3 Å². The first kappa shape index (κ1) is 17.5. The van der Waals surface area contributed by atoms with E-state index in [1.807, 2.05) is 36.4 Å². The maximum absolute atomic E-state index is 12.1. The van der Waals surface area contributed by atoms with Gasteiger partial charge in [0.15, 0.2) is 0 Å². The van der Waals surface area contributed by atoms with E-state index >= 15 is 0 Å². The van der Waals surface area contributed by atoms with Crippen molar-refractivity contribution in [3.8, 4) is 6.07 Å². The third kappa shape index (κ3) is 4.38. The highest BCUT2D eigenvalue weighted by atomic mass is 35.5. The molecule has 0 aliphatic carbocycles. The molecular formula is C20H15ClN4O. The van der Waals surface area contributed by atoms with Gasteiger partial charge in [0.2, 0.25) is 0 Å². The smallest absolute Gasteiger partial charge is 0.257 e. The third-order valence-corrected chi connectivity index (χ3v) is 4.03. The van der Waals surface area contributed by atoms with Gasteiger partial charge in [-0.15, -0.1) is 0 Å². The molecule has 0 fully saturated rings. The van der Waals surface area contributed by atoms with Crippen molar-refractivity contribution in [1.29, 1.82) is 5.26 Å². The standard InChI is InChI=1S/C20H15ClN4O/c21-19-10-18(8-5-15(19)11-22)24-12-14-3-6-17(7-4-14)25-20(26)16-2-1-9-23-13-16/h1-10,13,24H,12H2,(H,25,26). The van der Waals surface area contributed by atoms with Gasteiger partial charge < -0.3 is 10.6 Å². The molecule has 1 amide bonds. The zero-order valence-electron chi connectivity index (χ0n) is 13.7. The number of aromatic nitrogens is 1. The number of pyridine rings is 1. The van der Waals surface area contributed by atoms with Crippen LogP contribution < -0.4 is 10.6 Å². The molecule has 0 aliphatic rings. The lowest BCUT2D eigenvalue weighted by molar-refractivity contribution is 0.102. The first-order valence-electron chi connectivity index (χ1n) is 7.89. The van der Waals surface area contributed by atoms with E-state index in [0.29, 0.717) is 28.4 Å². The summed E-state index contributed by atoms with van der Waals surface area (Å²) < 4.78 is 0. The molecule has 1 aromatic heterocycles. The number of rotatable bonds is 5. The Hall–Kier alpha value is -3.36. The Balaban J connectivity index is 1.59. The summed E-state index contributed by atoms with van der Waals surface area (Å²) >= 11 is 6.02. The van der Waals surface area contributed by atoms with Gasteiger partial charge in [0.05, 0.1) is 16.1 Å². The van der Waals surface area contributed by atoms with Gasteiger partial charge in [0.1, 0.15) is 6.07 Å². The van der Waals surface area contributed by atoms with Gasteiger partial charge in [-0.05, 0) is 48.0 Å². The average molecular weight is 363 g/mol. The number of hydrogen-bond donors (Lipinski definition) is 2. The Morgan fingerprint density at radius 1 is 1.12 bits per heavy atom. The quantitative estimate of drug-likeness (QED) is 0.701. The number of anilines is 2. The summed E-state index contributed by atoms with van der Waals surface area (Å²) in [6.45, 7) is 0.596. The highest BCUT2D eigenvalue weighted by Crippen LogP contribution is 2.21. The van der Waals surface area contributed by atoms with Crippen LogP contribution in [-0.4, -0.2) is 10.9 Å². The van der Waals surface area contributed by atoms with Crippen LogP contribution in [0.15, 0.2) is 67.0 Å². The molecule has 0 saturated carbocycles. The fraction of sp³-hybridized carbons (Fsp3) is 0.0500. The normalized spacial score (nSPS) is 10.0. The Kier molecular flexibility index (Phi) is 5.47. The van der Waals surface area contributed by atoms with Crippen LogP contribution in [0, 0.1) is 11.3 Å². The molecule has 6 heteroatoms. The fourth-order valence-electron chi connectivity index (χ4n) is 2.33. The molecule has 128 valence electrons. The largest absolute Gasteiger partial charge is 0.381 e. The Morgan fingerprint density at radius 3 is 2.54 bits per heavy atom. The van der Waals surface area contributed by atoms with Gasteiger partial charge in [-0.25, -0.2) is 0 Å². The van der Waals surface area contributed by atoms with Crippen LogP contribution in [0.1, 0.15) is 21.5 Å². The lowest BCUT2D eigenvalue weighted by Gasteiger charge is -2.09. The molecule has 5 nitrogen and oxygen atoms in total. The van der Waals surface area contributed by atoms with E-state index in [9.17, 15) is 4.79 Å². The summed E-state index contributed by atoms with van der Waals surface area (Å²) in [5.74, 6) is -0.198. The molecule has 2 aromatic carbocycles. The van der Waals surface area contributed by atoms with Crippen molar-refractivity contribution in [3.05, 3.63) is 88.7 Å². The number of carbonyl (C=O) groups is 1. The van der Waals surface area contributed by atoms with Crippen molar-refractivity contribution >= 4 is 28.9 Å². The third-order valence-electron chi connectivity index (χ3n) is 3.72. The van der Waals surface area contributed by atoms with Gasteiger partial charge in [-0.2, -0.15) is 5.26 Å². The van der Waals surface area contributed by atoms with E-state index in [0.717, 1.165) is 11.3 Å². The molecule has 0 radical (unpaired) electrons. The highest BCUT2D eigenvalue weighted by Gasteiger charge is 2.06. The van der Waals surface area contributed by atoms with Crippen molar-refractivity contribution in [1.82, 2.24) is 4.98 Å². The average Bonchev–Trinajstić information content (AvgIpc) is 2.68. The van der Waals surface area contributed by atoms with Gasteiger partial charge >= 0.3 is 0 Å². The SMILES string of the molecule is N#Cc1ccc(NCc2ccc(NC(=O)c3cccnc3)cc2)cc1Cl. The number of nitrogens with zero attached hydrogens (tertiary/aromatic N) is 2. The number of carbonyl (C=O) groups excluding carboxylic acids is 1. The lowest BCUT2D eigenvalue weighted by Crippen LogP contribution is -2.12. The summed E-state index contributed by atoms with van der Waals surface area (Å²) in [5.41, 5.74) is 3.55. The van der Waals surface area contributed by atoms with Crippen molar-refractivity contribution in [3.63, 3.8) is 0 Å². The zero-order chi connectivity index (χ0) is 18.4. The predicted octanol–water partition coefficient (Wildman–Crippen LogP) is 4.47. The number of benzene rings is 2. The molecule has 2 N–H and O–H groups in total. The fourth-order valence-corrected chi connectivity index (χ4v) is 2.55. The number of amides is 1. The molecule has 3 rings (SSSR count). The maximum atomic E-state index is 12.1. The van der Waals surface area contributed by atoms with E-state index in [-0.39, 0.29) is 5.91 Å². The zero-order valence-corrected chi connectivity index (χ0v) is 14.5. The van der Waals surface area contributed by atoms with Crippen LogP contribution >= 0.6 is 11.6 Å². The summed E-state index contributed by atoms with van der Waals surface area (Å²) in [4.78, 5) is 16.0. The molecule has 0 atom stereocenters. The molecule has 1 heterocycles. The number of halogens is 1. The van der Waals surface area contributed by atoms with E-state index in [2.05, 4.69) is 15.6 Å². The molecule has 26 heavy (non-hydrogen) atoms. The molecule has 0 saturated heterocycles. The summed E-state index contributed by atoms with van der Waals surface area (Å²) in [6.07, 6.45) is 3.15. The van der Waals surface area contributed by atoms with Crippen LogP contribution in [0.2, 0.25) is 5.02 Å². The molecule has 0 spiro atoms. The number of nitrogens with one attached hydrogen (secondary N) is 2. The van der Waals surface area contributed by atoms with Crippen LogP contribution in [0.25, 0.3) is 0 Å². The molecule has 0 bridgehead atoms. The van der Waals surface area contributed by atoms with Crippen molar-refractivity contribution < 1.29 is 4.79 Å². The highest BCUT2D eigenvalue weighted by molar-refractivity contribution is 6.32. The lowest BCUT2D eigenvalue weighted by atomic mass is 10.1. The predicted molar refractivity (Wildman–Crippen MR) is 102 cm³/mol. The van der Waals surface area contributed by atoms with Crippen LogP contribution in [0.3, 0.4) is 0 Å². The molecular weight excluding hydrogens is 348 g/mol.